The van der Waals surface area contributed by atoms with Crippen LogP contribution in [0.3, 0.4) is 0 Å². The minimum Gasteiger partial charge on any atom is -0.336 e. The van der Waals surface area contributed by atoms with Gasteiger partial charge in [0.2, 0.25) is 0 Å². The first-order valence-corrected chi connectivity index (χ1v) is 14.7. The first-order valence-electron chi connectivity index (χ1n) is 12.9. The molecule has 5 rings (SSSR count). The van der Waals surface area contributed by atoms with E-state index in [2.05, 4.69) is 18.7 Å². The van der Waals surface area contributed by atoms with E-state index in [-0.39, 0.29) is 36.4 Å². The standard InChI is InChI=1S/C28H34N4O4S/c1-21(2)29-10-12-30(13-11-29)27(33)23-8-9-25-24(18-23)19-26(32(25)20-22-6-4-3-5-7-22)28(34)31-14-16-37(35,36)17-15-31/h3-9,18-19,21H,10-17,20H2,1-2H3. The summed E-state index contributed by atoms with van der Waals surface area (Å²) in [5.41, 5.74) is 3.05. The normalized spacial score (nSPS) is 18.5. The molecule has 2 saturated heterocycles. The molecule has 0 radical (unpaired) electrons. The maximum absolute atomic E-state index is 13.6. The van der Waals surface area contributed by atoms with E-state index in [1.54, 1.807) is 4.90 Å². The van der Waals surface area contributed by atoms with Crippen LogP contribution in [0, 0.1) is 0 Å². The van der Waals surface area contributed by atoms with Crippen molar-refractivity contribution in [3.63, 3.8) is 0 Å². The second-order valence-electron chi connectivity index (χ2n) is 10.2. The molecule has 3 heterocycles. The van der Waals surface area contributed by atoms with Gasteiger partial charge in [-0.05, 0) is 43.7 Å². The van der Waals surface area contributed by atoms with Crippen molar-refractivity contribution in [2.75, 3.05) is 50.8 Å². The Labute approximate surface area is 218 Å². The van der Waals surface area contributed by atoms with Crippen LogP contribution in [0.15, 0.2) is 54.6 Å². The van der Waals surface area contributed by atoms with Crippen molar-refractivity contribution >= 4 is 32.6 Å². The van der Waals surface area contributed by atoms with Gasteiger partial charge in [-0.2, -0.15) is 0 Å². The zero-order valence-corrected chi connectivity index (χ0v) is 22.3. The fourth-order valence-electron chi connectivity index (χ4n) is 5.22. The van der Waals surface area contributed by atoms with E-state index in [1.807, 2.05) is 64.1 Å². The lowest BCUT2D eigenvalue weighted by Crippen LogP contribution is -2.50. The van der Waals surface area contributed by atoms with Gasteiger partial charge in [-0.15, -0.1) is 0 Å². The average molecular weight is 523 g/mol. The van der Waals surface area contributed by atoms with Gasteiger partial charge in [0, 0.05) is 68.3 Å². The SMILES string of the molecule is CC(C)N1CCN(C(=O)c2ccc3c(c2)cc(C(=O)N2CCS(=O)(=O)CC2)n3Cc2ccccc2)CC1. The van der Waals surface area contributed by atoms with E-state index in [9.17, 15) is 18.0 Å². The quantitative estimate of drug-likeness (QED) is 0.515. The van der Waals surface area contributed by atoms with Crippen LogP contribution in [0.2, 0.25) is 0 Å². The van der Waals surface area contributed by atoms with Gasteiger partial charge in [0.05, 0.1) is 11.5 Å². The van der Waals surface area contributed by atoms with Crippen LogP contribution < -0.4 is 0 Å². The minimum absolute atomic E-state index is 0.00947. The number of sulfone groups is 1. The molecule has 1 aromatic heterocycles. The summed E-state index contributed by atoms with van der Waals surface area (Å²) in [6.45, 7) is 8.37. The zero-order valence-electron chi connectivity index (χ0n) is 21.5. The van der Waals surface area contributed by atoms with Crippen LogP contribution in [0.1, 0.15) is 40.3 Å². The van der Waals surface area contributed by atoms with Gasteiger partial charge < -0.3 is 14.4 Å². The fourth-order valence-corrected chi connectivity index (χ4v) is 6.42. The van der Waals surface area contributed by atoms with E-state index in [1.165, 1.54) is 0 Å². The van der Waals surface area contributed by atoms with Crippen LogP contribution in [-0.4, -0.2) is 96.3 Å². The summed E-state index contributed by atoms with van der Waals surface area (Å²) in [6.07, 6.45) is 0. The van der Waals surface area contributed by atoms with Crippen LogP contribution in [0.25, 0.3) is 10.9 Å². The van der Waals surface area contributed by atoms with Crippen molar-refractivity contribution in [1.29, 1.82) is 0 Å². The molecular weight excluding hydrogens is 488 g/mol. The molecule has 0 saturated carbocycles. The van der Waals surface area contributed by atoms with Gasteiger partial charge in [-0.3, -0.25) is 14.5 Å². The van der Waals surface area contributed by atoms with Crippen LogP contribution in [-0.2, 0) is 16.4 Å². The van der Waals surface area contributed by atoms with Gasteiger partial charge in [0.1, 0.15) is 5.69 Å². The van der Waals surface area contributed by atoms with Crippen molar-refractivity contribution in [1.82, 2.24) is 19.3 Å². The van der Waals surface area contributed by atoms with E-state index < -0.39 is 9.84 Å². The topological polar surface area (TPSA) is 82.9 Å². The number of hydrogen-bond donors (Lipinski definition) is 0. The average Bonchev–Trinajstić information content (AvgIpc) is 3.26. The molecule has 0 unspecified atom stereocenters. The molecule has 2 fully saturated rings. The summed E-state index contributed by atoms with van der Waals surface area (Å²) < 4.78 is 25.8. The Bertz CT molecular complexity index is 1390. The van der Waals surface area contributed by atoms with Crippen LogP contribution >= 0.6 is 0 Å². The molecule has 0 N–H and O–H groups in total. The van der Waals surface area contributed by atoms with Crippen LogP contribution in [0.4, 0.5) is 0 Å². The summed E-state index contributed by atoms with van der Waals surface area (Å²) >= 11 is 0. The molecular formula is C28H34N4O4S. The van der Waals surface area contributed by atoms with Crippen molar-refractivity contribution in [3.8, 4) is 0 Å². The highest BCUT2D eigenvalue weighted by Gasteiger charge is 2.29. The van der Waals surface area contributed by atoms with E-state index in [4.69, 9.17) is 0 Å². The van der Waals surface area contributed by atoms with Crippen molar-refractivity contribution in [3.05, 3.63) is 71.4 Å². The number of carbonyl (C=O) groups excluding carboxylic acids is 2. The molecule has 2 aromatic carbocycles. The Morgan fingerprint density at radius 1 is 0.811 bits per heavy atom. The zero-order chi connectivity index (χ0) is 26.2. The molecule has 0 bridgehead atoms. The van der Waals surface area contributed by atoms with Crippen molar-refractivity contribution in [2.24, 2.45) is 0 Å². The monoisotopic (exact) mass is 522 g/mol. The van der Waals surface area contributed by atoms with Gasteiger partial charge in [0.15, 0.2) is 9.84 Å². The Balaban J connectivity index is 1.46. The number of piperazine rings is 1. The largest absolute Gasteiger partial charge is 0.336 e. The lowest BCUT2D eigenvalue weighted by Gasteiger charge is -2.37. The molecule has 2 aliphatic rings. The molecule has 2 aliphatic heterocycles. The number of rotatable bonds is 5. The Kier molecular flexibility index (Phi) is 7.09. The number of nitrogens with zero attached hydrogens (tertiary/aromatic N) is 4. The highest BCUT2D eigenvalue weighted by molar-refractivity contribution is 7.91. The number of benzene rings is 2. The van der Waals surface area contributed by atoms with Crippen LogP contribution in [0.5, 0.6) is 0 Å². The van der Waals surface area contributed by atoms with Crippen molar-refractivity contribution in [2.45, 2.75) is 26.4 Å². The molecule has 8 nitrogen and oxygen atoms in total. The third-order valence-corrected chi connectivity index (χ3v) is 9.12. The maximum Gasteiger partial charge on any atom is 0.270 e. The molecule has 196 valence electrons. The fraction of sp³-hybridized carbons (Fsp3) is 0.429. The molecule has 37 heavy (non-hydrogen) atoms. The third-order valence-electron chi connectivity index (χ3n) is 7.51. The van der Waals surface area contributed by atoms with E-state index >= 15 is 0 Å². The van der Waals surface area contributed by atoms with E-state index in [0.29, 0.717) is 36.9 Å². The summed E-state index contributed by atoms with van der Waals surface area (Å²) in [5.74, 6) is -0.198. The predicted molar refractivity (Wildman–Crippen MR) is 145 cm³/mol. The number of amides is 2. The van der Waals surface area contributed by atoms with Gasteiger partial charge in [-0.25, -0.2) is 8.42 Å². The number of carbonyl (C=O) groups is 2. The number of hydrogen-bond acceptors (Lipinski definition) is 5. The lowest BCUT2D eigenvalue weighted by atomic mass is 10.1. The molecule has 0 atom stereocenters. The number of aromatic nitrogens is 1. The summed E-state index contributed by atoms with van der Waals surface area (Å²) in [7, 11) is -3.09. The lowest BCUT2D eigenvalue weighted by molar-refractivity contribution is 0.0595. The first-order chi connectivity index (χ1) is 17.7. The second-order valence-corrected chi connectivity index (χ2v) is 12.5. The summed E-state index contributed by atoms with van der Waals surface area (Å²) in [6, 6.07) is 17.9. The highest BCUT2D eigenvalue weighted by atomic mass is 32.2. The van der Waals surface area contributed by atoms with Crippen molar-refractivity contribution < 1.29 is 18.0 Å². The Hall–Kier alpha value is -3.17. The molecule has 9 heteroatoms. The second kappa shape index (κ2) is 10.3. The maximum atomic E-state index is 13.6. The Morgan fingerprint density at radius 3 is 2.11 bits per heavy atom. The predicted octanol–water partition coefficient (Wildman–Crippen LogP) is 2.73. The Morgan fingerprint density at radius 2 is 1.46 bits per heavy atom. The van der Waals surface area contributed by atoms with E-state index in [0.717, 1.165) is 29.6 Å². The third kappa shape index (κ3) is 5.43. The first kappa shape index (κ1) is 25.5. The van der Waals surface area contributed by atoms with Gasteiger partial charge in [0.25, 0.3) is 11.8 Å². The van der Waals surface area contributed by atoms with Gasteiger partial charge in [-0.1, -0.05) is 30.3 Å². The summed E-state index contributed by atoms with van der Waals surface area (Å²) in [4.78, 5) is 32.8. The van der Waals surface area contributed by atoms with Gasteiger partial charge >= 0.3 is 0 Å². The minimum atomic E-state index is -3.09. The molecule has 3 aromatic rings. The number of fused-ring (bicyclic) bond motifs is 1. The molecule has 2 amide bonds. The molecule has 0 spiro atoms. The smallest absolute Gasteiger partial charge is 0.270 e. The highest BCUT2D eigenvalue weighted by Crippen LogP contribution is 2.25. The summed E-state index contributed by atoms with van der Waals surface area (Å²) in [5, 5.41) is 0.829. The molecule has 0 aliphatic carbocycles.